The Morgan fingerprint density at radius 1 is 1.36 bits per heavy atom. The summed E-state index contributed by atoms with van der Waals surface area (Å²) < 4.78 is 0.645. The molecule has 6 heteroatoms. The van der Waals surface area contributed by atoms with Gasteiger partial charge in [0.2, 0.25) is 0 Å². The largest absolute Gasteiger partial charge is 0.506 e. The Labute approximate surface area is 84.4 Å². The van der Waals surface area contributed by atoms with Crippen LogP contribution in [0.15, 0.2) is 17.5 Å². The SMILES string of the molecule is Nc1cc2ccsc2c(B(O)O)c1O. The highest BCUT2D eigenvalue weighted by atomic mass is 32.1. The first-order valence-electron chi connectivity index (χ1n) is 3.96. The number of phenols is 1. The molecule has 14 heavy (non-hydrogen) atoms. The van der Waals surface area contributed by atoms with Gasteiger partial charge in [-0.05, 0) is 22.9 Å². The van der Waals surface area contributed by atoms with E-state index in [2.05, 4.69) is 0 Å². The van der Waals surface area contributed by atoms with E-state index in [4.69, 9.17) is 15.8 Å². The summed E-state index contributed by atoms with van der Waals surface area (Å²) in [7, 11) is -1.71. The zero-order valence-corrected chi connectivity index (χ0v) is 7.95. The minimum Gasteiger partial charge on any atom is -0.506 e. The summed E-state index contributed by atoms with van der Waals surface area (Å²) in [5.41, 5.74) is 5.75. The van der Waals surface area contributed by atoms with Gasteiger partial charge in [0.1, 0.15) is 5.75 Å². The number of hydrogen-bond acceptors (Lipinski definition) is 5. The first-order valence-corrected chi connectivity index (χ1v) is 4.84. The fourth-order valence-corrected chi connectivity index (χ4v) is 2.33. The molecule has 0 aliphatic carbocycles. The highest BCUT2D eigenvalue weighted by Crippen LogP contribution is 2.28. The standard InChI is InChI=1S/C8H8BNO3S/c10-5-3-4-1-2-14-8(4)6(7(5)11)9(12)13/h1-3,11-13H,10H2. The van der Waals surface area contributed by atoms with Crippen LogP contribution < -0.4 is 11.2 Å². The maximum Gasteiger partial charge on any atom is 0.493 e. The molecule has 0 amide bonds. The number of fused-ring (bicyclic) bond motifs is 1. The van der Waals surface area contributed by atoms with Crippen LogP contribution in [0.1, 0.15) is 0 Å². The van der Waals surface area contributed by atoms with Gasteiger partial charge in [-0.1, -0.05) is 0 Å². The van der Waals surface area contributed by atoms with Gasteiger partial charge in [0.25, 0.3) is 0 Å². The van der Waals surface area contributed by atoms with E-state index in [9.17, 15) is 5.11 Å². The van der Waals surface area contributed by atoms with Gasteiger partial charge in [-0.15, -0.1) is 11.3 Å². The first kappa shape index (κ1) is 9.33. The van der Waals surface area contributed by atoms with E-state index in [0.29, 0.717) is 4.70 Å². The minimum absolute atomic E-state index is 0.0787. The molecule has 1 aromatic heterocycles. The van der Waals surface area contributed by atoms with Crippen molar-refractivity contribution in [2.75, 3.05) is 5.73 Å². The Morgan fingerprint density at radius 3 is 2.71 bits per heavy atom. The molecule has 2 rings (SSSR count). The predicted octanol–water partition coefficient (Wildman–Crippen LogP) is -0.131. The van der Waals surface area contributed by atoms with Gasteiger partial charge in [0, 0.05) is 10.2 Å². The maximum atomic E-state index is 9.55. The topological polar surface area (TPSA) is 86.7 Å². The Bertz CT molecular complexity index is 483. The number of benzene rings is 1. The molecule has 0 spiro atoms. The van der Waals surface area contributed by atoms with E-state index in [1.165, 1.54) is 11.3 Å². The molecule has 4 nitrogen and oxygen atoms in total. The van der Waals surface area contributed by atoms with Crippen molar-refractivity contribution in [2.45, 2.75) is 0 Å². The number of phenolic OH excluding ortho intramolecular Hbond substituents is 1. The summed E-state index contributed by atoms with van der Waals surface area (Å²) in [6.07, 6.45) is 0. The van der Waals surface area contributed by atoms with Crippen LogP contribution in [0.5, 0.6) is 5.75 Å². The lowest BCUT2D eigenvalue weighted by atomic mass is 9.78. The van der Waals surface area contributed by atoms with Gasteiger partial charge in [0.15, 0.2) is 0 Å². The highest BCUT2D eigenvalue weighted by Gasteiger charge is 2.22. The summed E-state index contributed by atoms with van der Waals surface area (Å²) in [4.78, 5) is 0. The molecule has 5 N–H and O–H groups in total. The second-order valence-electron chi connectivity index (χ2n) is 2.94. The fourth-order valence-electron chi connectivity index (χ4n) is 1.39. The molecule has 0 radical (unpaired) electrons. The van der Waals surface area contributed by atoms with E-state index in [0.717, 1.165) is 5.39 Å². The number of aromatic hydroxyl groups is 1. The van der Waals surface area contributed by atoms with Gasteiger partial charge >= 0.3 is 7.12 Å². The lowest BCUT2D eigenvalue weighted by Crippen LogP contribution is -2.30. The molecule has 72 valence electrons. The van der Waals surface area contributed by atoms with E-state index in [1.807, 2.05) is 6.07 Å². The van der Waals surface area contributed by atoms with Gasteiger partial charge in [-0.3, -0.25) is 0 Å². The molecule has 0 atom stereocenters. The van der Waals surface area contributed by atoms with Gasteiger partial charge in [0.05, 0.1) is 5.69 Å². The van der Waals surface area contributed by atoms with Crippen LogP contribution in [0.2, 0.25) is 0 Å². The Kier molecular flexibility index (Phi) is 2.11. The number of nitrogen functional groups attached to an aromatic ring is 1. The average molecular weight is 209 g/mol. The minimum atomic E-state index is -1.71. The van der Waals surface area contributed by atoms with E-state index in [-0.39, 0.29) is 16.9 Å². The van der Waals surface area contributed by atoms with Gasteiger partial charge < -0.3 is 20.9 Å². The first-order chi connectivity index (χ1) is 6.61. The molecule has 0 aliphatic rings. The molecular weight excluding hydrogens is 201 g/mol. The number of anilines is 1. The number of thiophene rings is 1. The molecule has 0 saturated carbocycles. The number of rotatable bonds is 1. The van der Waals surface area contributed by atoms with E-state index in [1.54, 1.807) is 11.4 Å². The molecule has 0 bridgehead atoms. The normalized spacial score (nSPS) is 10.7. The predicted molar refractivity (Wildman–Crippen MR) is 57.7 cm³/mol. The van der Waals surface area contributed by atoms with Crippen molar-refractivity contribution in [2.24, 2.45) is 0 Å². The third kappa shape index (κ3) is 1.24. The smallest absolute Gasteiger partial charge is 0.493 e. The van der Waals surface area contributed by atoms with Crippen molar-refractivity contribution < 1.29 is 15.2 Å². The van der Waals surface area contributed by atoms with Crippen molar-refractivity contribution in [3.63, 3.8) is 0 Å². The number of hydrogen-bond donors (Lipinski definition) is 4. The van der Waals surface area contributed by atoms with Crippen molar-refractivity contribution in [1.82, 2.24) is 0 Å². The van der Waals surface area contributed by atoms with E-state index >= 15 is 0 Å². The van der Waals surface area contributed by atoms with Crippen LogP contribution >= 0.6 is 11.3 Å². The summed E-state index contributed by atoms with van der Waals surface area (Å²) in [6.45, 7) is 0. The lowest BCUT2D eigenvalue weighted by Gasteiger charge is -2.07. The Hall–Kier alpha value is -1.24. The molecule has 1 aromatic carbocycles. The summed E-state index contributed by atoms with van der Waals surface area (Å²) in [5, 5.41) is 30.3. The summed E-state index contributed by atoms with van der Waals surface area (Å²) >= 11 is 1.33. The molecule has 0 fully saturated rings. The second kappa shape index (κ2) is 3.16. The van der Waals surface area contributed by atoms with E-state index < -0.39 is 7.12 Å². The van der Waals surface area contributed by atoms with Crippen LogP contribution in [0.25, 0.3) is 10.1 Å². The zero-order chi connectivity index (χ0) is 10.3. The Balaban J connectivity index is 2.86. The summed E-state index contributed by atoms with van der Waals surface area (Å²) in [6, 6.07) is 3.41. The van der Waals surface area contributed by atoms with Crippen LogP contribution in [0.4, 0.5) is 5.69 Å². The van der Waals surface area contributed by atoms with Crippen molar-refractivity contribution >= 4 is 39.7 Å². The summed E-state index contributed by atoms with van der Waals surface area (Å²) in [5.74, 6) is -0.255. The lowest BCUT2D eigenvalue weighted by molar-refractivity contribution is 0.420. The van der Waals surface area contributed by atoms with Gasteiger partial charge in [-0.25, -0.2) is 0 Å². The average Bonchev–Trinajstić information content (AvgIpc) is 2.52. The monoisotopic (exact) mass is 209 g/mol. The molecular formula is C8H8BNO3S. The maximum absolute atomic E-state index is 9.55. The van der Waals surface area contributed by atoms with Crippen LogP contribution in [0, 0.1) is 0 Å². The van der Waals surface area contributed by atoms with Gasteiger partial charge in [-0.2, -0.15) is 0 Å². The molecule has 0 unspecified atom stereocenters. The Morgan fingerprint density at radius 2 is 2.07 bits per heavy atom. The fraction of sp³-hybridized carbons (Fsp3) is 0. The number of nitrogens with two attached hydrogens (primary N) is 1. The van der Waals surface area contributed by atoms with Crippen LogP contribution in [-0.2, 0) is 0 Å². The van der Waals surface area contributed by atoms with Crippen molar-refractivity contribution in [1.29, 1.82) is 0 Å². The van der Waals surface area contributed by atoms with Crippen molar-refractivity contribution in [3.8, 4) is 5.75 Å². The molecule has 0 aliphatic heterocycles. The zero-order valence-electron chi connectivity index (χ0n) is 7.14. The highest BCUT2D eigenvalue weighted by molar-refractivity contribution is 7.18. The van der Waals surface area contributed by atoms with Crippen LogP contribution in [-0.4, -0.2) is 22.3 Å². The van der Waals surface area contributed by atoms with Crippen molar-refractivity contribution in [3.05, 3.63) is 17.5 Å². The molecule has 1 heterocycles. The molecule has 2 aromatic rings. The van der Waals surface area contributed by atoms with Crippen LogP contribution in [0.3, 0.4) is 0 Å². The quantitative estimate of drug-likeness (QED) is 0.299. The molecule has 0 saturated heterocycles. The second-order valence-corrected chi connectivity index (χ2v) is 3.86. The third-order valence-corrected chi connectivity index (χ3v) is 3.00. The third-order valence-electron chi connectivity index (χ3n) is 2.04.